The number of aromatic nitrogens is 2. The number of benzene rings is 2. The summed E-state index contributed by atoms with van der Waals surface area (Å²) in [7, 11) is 0. The molecule has 0 spiro atoms. The summed E-state index contributed by atoms with van der Waals surface area (Å²) in [6.07, 6.45) is -4.55. The Balaban J connectivity index is 1.76. The van der Waals surface area contributed by atoms with E-state index in [0.717, 1.165) is 24.3 Å². The molecule has 2 aromatic carbocycles. The first-order valence-electron chi connectivity index (χ1n) is 8.35. The smallest absolute Gasteiger partial charge is 0.322 e. The van der Waals surface area contributed by atoms with Crippen molar-refractivity contribution in [2.24, 2.45) is 0 Å². The topological polar surface area (TPSA) is 124 Å². The Kier molecular flexibility index (Phi) is 5.54. The third-order valence-electron chi connectivity index (χ3n) is 3.84. The Morgan fingerprint density at radius 1 is 0.800 bits per heavy atom. The van der Waals surface area contributed by atoms with Crippen molar-refractivity contribution in [2.45, 2.75) is 6.18 Å². The minimum Gasteiger partial charge on any atom is -0.322 e. The van der Waals surface area contributed by atoms with E-state index >= 15 is 0 Å². The number of alkyl halides is 3. The van der Waals surface area contributed by atoms with Crippen molar-refractivity contribution in [3.8, 4) is 0 Å². The molecule has 8 nitrogen and oxygen atoms in total. The van der Waals surface area contributed by atoms with Crippen molar-refractivity contribution in [1.29, 1.82) is 0 Å². The maximum Gasteiger partial charge on any atom is 0.416 e. The normalized spacial score (nSPS) is 11.0. The molecule has 2 amide bonds. The lowest BCUT2D eigenvalue weighted by atomic mass is 10.1. The van der Waals surface area contributed by atoms with Crippen molar-refractivity contribution in [3.05, 3.63) is 92.3 Å². The van der Waals surface area contributed by atoms with Crippen molar-refractivity contribution in [2.75, 3.05) is 10.6 Å². The summed E-state index contributed by atoms with van der Waals surface area (Å²) in [5.74, 6) is -1.50. The number of nitrogens with one attached hydrogen (secondary N) is 4. The van der Waals surface area contributed by atoms with Gasteiger partial charge < -0.3 is 15.6 Å². The van der Waals surface area contributed by atoms with Crippen molar-refractivity contribution in [3.63, 3.8) is 0 Å². The molecule has 1 aromatic heterocycles. The molecule has 0 aliphatic rings. The van der Waals surface area contributed by atoms with Crippen LogP contribution in [0.1, 0.15) is 26.4 Å². The molecule has 0 saturated heterocycles. The molecule has 4 N–H and O–H groups in total. The van der Waals surface area contributed by atoms with E-state index in [2.05, 4.69) is 15.6 Å². The number of H-pyrrole nitrogens is 2. The quantitative estimate of drug-likeness (QED) is 0.520. The fraction of sp³-hybridized carbons (Fsp3) is 0.0526. The maximum atomic E-state index is 12.8. The number of amides is 2. The lowest BCUT2D eigenvalue weighted by molar-refractivity contribution is -0.137. The van der Waals surface area contributed by atoms with Gasteiger partial charge in [-0.05, 0) is 36.4 Å². The molecule has 0 aliphatic heterocycles. The van der Waals surface area contributed by atoms with Gasteiger partial charge in [-0.15, -0.1) is 0 Å². The molecule has 154 valence electrons. The number of hydrogen-bond donors (Lipinski definition) is 4. The van der Waals surface area contributed by atoms with Crippen LogP contribution >= 0.6 is 0 Å². The molecule has 1 heterocycles. The van der Waals surface area contributed by atoms with Gasteiger partial charge in [-0.3, -0.25) is 19.4 Å². The van der Waals surface area contributed by atoms with Gasteiger partial charge in [-0.1, -0.05) is 12.1 Å². The highest BCUT2D eigenvalue weighted by molar-refractivity contribution is 6.06. The van der Waals surface area contributed by atoms with Crippen LogP contribution in [0.2, 0.25) is 0 Å². The van der Waals surface area contributed by atoms with Gasteiger partial charge in [0, 0.05) is 23.0 Å². The average molecular weight is 418 g/mol. The molecule has 0 bridgehead atoms. The van der Waals surface area contributed by atoms with Gasteiger partial charge in [0.1, 0.15) is 5.69 Å². The number of anilines is 2. The Bertz CT molecular complexity index is 1200. The highest BCUT2D eigenvalue weighted by Gasteiger charge is 2.30. The predicted molar refractivity (Wildman–Crippen MR) is 101 cm³/mol. The fourth-order valence-corrected chi connectivity index (χ4v) is 2.50. The molecular formula is C19H13F3N4O4. The highest BCUT2D eigenvalue weighted by atomic mass is 19.4. The van der Waals surface area contributed by atoms with Crippen LogP contribution in [0, 0.1) is 0 Å². The molecule has 3 rings (SSSR count). The van der Waals surface area contributed by atoms with E-state index in [1.54, 1.807) is 0 Å². The molecular weight excluding hydrogens is 405 g/mol. The van der Waals surface area contributed by atoms with E-state index in [9.17, 15) is 32.3 Å². The molecule has 0 aliphatic carbocycles. The zero-order valence-electron chi connectivity index (χ0n) is 15.0. The van der Waals surface area contributed by atoms with Gasteiger partial charge in [-0.2, -0.15) is 13.2 Å². The van der Waals surface area contributed by atoms with E-state index < -0.39 is 34.8 Å². The van der Waals surface area contributed by atoms with Crippen LogP contribution in [0.25, 0.3) is 0 Å². The highest BCUT2D eigenvalue weighted by Crippen LogP contribution is 2.30. The van der Waals surface area contributed by atoms with Crippen LogP contribution in [-0.2, 0) is 6.18 Å². The Morgan fingerprint density at radius 2 is 1.43 bits per heavy atom. The molecule has 0 atom stereocenters. The largest absolute Gasteiger partial charge is 0.416 e. The van der Waals surface area contributed by atoms with E-state index in [0.29, 0.717) is 0 Å². The summed E-state index contributed by atoms with van der Waals surface area (Å²) in [5.41, 5.74) is -2.65. The number of aromatic amines is 2. The standard InChI is InChI=1S/C19H13F3N4O4/c20-19(21,22)11-4-2-6-13(8-11)23-16(28)10-3-1-5-12(7-10)24-17(29)14-9-15(27)26-18(30)25-14/h1-9H,(H,23,28)(H,24,29)(H2,25,26,27,30). The summed E-state index contributed by atoms with van der Waals surface area (Å²) in [6, 6.07) is 10.6. The van der Waals surface area contributed by atoms with Crippen molar-refractivity contribution in [1.82, 2.24) is 9.97 Å². The molecule has 0 fully saturated rings. The minimum atomic E-state index is -4.55. The van der Waals surface area contributed by atoms with Gasteiger partial charge in [-0.25, -0.2) is 4.79 Å². The van der Waals surface area contributed by atoms with Gasteiger partial charge in [0.15, 0.2) is 0 Å². The summed E-state index contributed by atoms with van der Waals surface area (Å²) in [5, 5.41) is 4.76. The molecule has 0 saturated carbocycles. The van der Waals surface area contributed by atoms with Crippen LogP contribution in [0.5, 0.6) is 0 Å². The lowest BCUT2D eigenvalue weighted by Gasteiger charge is -2.11. The minimum absolute atomic E-state index is 0.0506. The van der Waals surface area contributed by atoms with E-state index in [-0.39, 0.29) is 22.6 Å². The number of hydrogen-bond acceptors (Lipinski definition) is 4. The lowest BCUT2D eigenvalue weighted by Crippen LogP contribution is -2.27. The molecule has 11 heteroatoms. The number of carbonyl (C=O) groups excluding carboxylic acids is 2. The first kappa shape index (κ1) is 20.6. The summed E-state index contributed by atoms with van der Waals surface area (Å²) in [4.78, 5) is 51.2. The zero-order chi connectivity index (χ0) is 21.9. The second-order valence-corrected chi connectivity index (χ2v) is 6.07. The van der Waals surface area contributed by atoms with Crippen LogP contribution in [-0.4, -0.2) is 21.8 Å². The maximum absolute atomic E-state index is 12.8. The van der Waals surface area contributed by atoms with Crippen LogP contribution < -0.4 is 21.9 Å². The molecule has 0 unspecified atom stereocenters. The second kappa shape index (κ2) is 8.07. The van der Waals surface area contributed by atoms with E-state index in [1.165, 1.54) is 30.3 Å². The summed E-state index contributed by atoms with van der Waals surface area (Å²) >= 11 is 0. The SMILES string of the molecule is O=C(Nc1cccc(C(F)(F)F)c1)c1cccc(NC(=O)c2cc(=O)[nH]c(=O)[nH]2)c1. The van der Waals surface area contributed by atoms with Crippen molar-refractivity contribution >= 4 is 23.2 Å². The summed E-state index contributed by atoms with van der Waals surface area (Å²) < 4.78 is 38.4. The first-order chi connectivity index (χ1) is 14.1. The van der Waals surface area contributed by atoms with Gasteiger partial charge >= 0.3 is 11.9 Å². The molecule has 3 aromatic rings. The zero-order valence-corrected chi connectivity index (χ0v) is 15.0. The second-order valence-electron chi connectivity index (χ2n) is 6.07. The Morgan fingerprint density at radius 3 is 2.10 bits per heavy atom. The van der Waals surface area contributed by atoms with Gasteiger partial charge in [0.2, 0.25) is 0 Å². The Hall–Kier alpha value is -4.15. The van der Waals surface area contributed by atoms with Gasteiger partial charge in [0.05, 0.1) is 5.56 Å². The first-order valence-corrected chi connectivity index (χ1v) is 8.35. The van der Waals surface area contributed by atoms with Gasteiger partial charge in [0.25, 0.3) is 17.4 Å². The van der Waals surface area contributed by atoms with Crippen LogP contribution in [0.15, 0.2) is 64.2 Å². The van der Waals surface area contributed by atoms with Crippen molar-refractivity contribution < 1.29 is 22.8 Å². The number of halogens is 3. The Labute approximate surface area is 165 Å². The fourth-order valence-electron chi connectivity index (χ4n) is 2.50. The van der Waals surface area contributed by atoms with E-state index in [1.807, 2.05) is 4.98 Å². The third-order valence-corrected chi connectivity index (χ3v) is 3.84. The molecule has 30 heavy (non-hydrogen) atoms. The predicted octanol–water partition coefficient (Wildman–Crippen LogP) is 2.59. The van der Waals surface area contributed by atoms with Crippen LogP contribution in [0.3, 0.4) is 0 Å². The summed E-state index contributed by atoms with van der Waals surface area (Å²) in [6.45, 7) is 0. The van der Waals surface area contributed by atoms with E-state index in [4.69, 9.17) is 0 Å². The molecule has 0 radical (unpaired) electrons. The monoisotopic (exact) mass is 418 g/mol. The number of carbonyl (C=O) groups is 2. The number of rotatable bonds is 4. The third kappa shape index (κ3) is 5.01. The average Bonchev–Trinajstić information content (AvgIpc) is 2.67. The van der Waals surface area contributed by atoms with Crippen LogP contribution in [0.4, 0.5) is 24.5 Å².